The van der Waals surface area contributed by atoms with Gasteiger partial charge >= 0.3 is 0 Å². The van der Waals surface area contributed by atoms with E-state index in [1.54, 1.807) is 11.3 Å². The van der Waals surface area contributed by atoms with E-state index in [0.717, 1.165) is 16.2 Å². The molecule has 0 aliphatic heterocycles. The minimum atomic E-state index is 0.148. The zero-order valence-corrected chi connectivity index (χ0v) is 12.7. The second-order valence-electron chi connectivity index (χ2n) is 5.62. The van der Waals surface area contributed by atoms with Gasteiger partial charge in [-0.25, -0.2) is 4.98 Å². The van der Waals surface area contributed by atoms with Gasteiger partial charge in [-0.15, -0.1) is 11.3 Å². The molecule has 4 heteroatoms. The summed E-state index contributed by atoms with van der Waals surface area (Å²) in [6.07, 6.45) is 4.39. The first kappa shape index (κ1) is 12.9. The summed E-state index contributed by atoms with van der Waals surface area (Å²) in [5, 5.41) is 8.18. The third-order valence-electron chi connectivity index (χ3n) is 3.84. The topological polar surface area (TPSA) is 37.8 Å². The SMILES string of the molecule is Cc1csc(C(NC2CC2)c2cccc3cccnc23)n1. The third kappa shape index (κ3) is 2.57. The predicted octanol–water partition coefficient (Wildman–Crippen LogP) is 3.84. The van der Waals surface area contributed by atoms with Crippen LogP contribution in [0.25, 0.3) is 10.9 Å². The van der Waals surface area contributed by atoms with Crippen LogP contribution < -0.4 is 5.32 Å². The summed E-state index contributed by atoms with van der Waals surface area (Å²) in [7, 11) is 0. The number of thiazole rings is 1. The van der Waals surface area contributed by atoms with Gasteiger partial charge in [0, 0.05) is 34.3 Å². The summed E-state index contributed by atoms with van der Waals surface area (Å²) in [4.78, 5) is 9.30. The lowest BCUT2D eigenvalue weighted by molar-refractivity contribution is 0.600. The highest BCUT2D eigenvalue weighted by molar-refractivity contribution is 7.09. The van der Waals surface area contributed by atoms with Crippen LogP contribution in [0.4, 0.5) is 0 Å². The van der Waals surface area contributed by atoms with Crippen molar-refractivity contribution in [2.45, 2.75) is 31.8 Å². The van der Waals surface area contributed by atoms with Crippen LogP contribution in [0.2, 0.25) is 0 Å². The van der Waals surface area contributed by atoms with Gasteiger partial charge in [0.1, 0.15) is 5.01 Å². The maximum atomic E-state index is 4.70. The molecule has 0 bridgehead atoms. The fourth-order valence-electron chi connectivity index (χ4n) is 2.65. The molecule has 1 fully saturated rings. The van der Waals surface area contributed by atoms with Crippen molar-refractivity contribution in [2.24, 2.45) is 0 Å². The van der Waals surface area contributed by atoms with Gasteiger partial charge < -0.3 is 5.32 Å². The van der Waals surface area contributed by atoms with Crippen molar-refractivity contribution in [1.29, 1.82) is 0 Å². The minimum absolute atomic E-state index is 0.148. The highest BCUT2D eigenvalue weighted by Gasteiger charge is 2.28. The van der Waals surface area contributed by atoms with E-state index in [4.69, 9.17) is 4.98 Å². The molecule has 3 aromatic rings. The van der Waals surface area contributed by atoms with E-state index in [9.17, 15) is 0 Å². The van der Waals surface area contributed by atoms with Crippen LogP contribution in [-0.2, 0) is 0 Å². The molecule has 0 radical (unpaired) electrons. The van der Waals surface area contributed by atoms with Crippen molar-refractivity contribution in [3.63, 3.8) is 0 Å². The summed E-state index contributed by atoms with van der Waals surface area (Å²) in [5.41, 5.74) is 3.39. The first-order valence-corrected chi connectivity index (χ1v) is 8.21. The number of para-hydroxylation sites is 1. The number of benzene rings is 1. The summed E-state index contributed by atoms with van der Waals surface area (Å²) in [6.45, 7) is 2.05. The first-order valence-electron chi connectivity index (χ1n) is 7.33. The molecule has 0 saturated heterocycles. The van der Waals surface area contributed by atoms with Gasteiger partial charge in [-0.3, -0.25) is 4.98 Å². The molecular weight excluding hydrogens is 278 g/mol. The molecule has 1 aliphatic carbocycles. The highest BCUT2D eigenvalue weighted by Crippen LogP contribution is 2.33. The number of fused-ring (bicyclic) bond motifs is 1. The molecule has 0 amide bonds. The lowest BCUT2D eigenvalue weighted by Gasteiger charge is -2.18. The number of pyridine rings is 1. The average molecular weight is 295 g/mol. The number of aromatic nitrogens is 2. The molecule has 4 rings (SSSR count). The van der Waals surface area contributed by atoms with E-state index in [2.05, 4.69) is 46.9 Å². The fraction of sp³-hybridized carbons (Fsp3) is 0.294. The molecule has 106 valence electrons. The molecule has 1 saturated carbocycles. The second kappa shape index (κ2) is 5.20. The third-order valence-corrected chi connectivity index (χ3v) is 4.87. The smallest absolute Gasteiger partial charge is 0.114 e. The number of hydrogen-bond donors (Lipinski definition) is 1. The Hall–Kier alpha value is -1.78. The van der Waals surface area contributed by atoms with Gasteiger partial charge in [0.15, 0.2) is 0 Å². The molecule has 2 heterocycles. The van der Waals surface area contributed by atoms with Crippen LogP contribution in [0.15, 0.2) is 41.9 Å². The summed E-state index contributed by atoms with van der Waals surface area (Å²) < 4.78 is 0. The monoisotopic (exact) mass is 295 g/mol. The maximum Gasteiger partial charge on any atom is 0.114 e. The van der Waals surface area contributed by atoms with Crippen LogP contribution in [0.1, 0.15) is 35.1 Å². The van der Waals surface area contributed by atoms with E-state index in [1.807, 2.05) is 12.3 Å². The quantitative estimate of drug-likeness (QED) is 0.794. The molecule has 1 aromatic carbocycles. The molecule has 2 aromatic heterocycles. The Balaban J connectivity index is 1.84. The minimum Gasteiger partial charge on any atom is -0.301 e. The standard InChI is InChI=1S/C17H17N3S/c1-11-10-21-17(19-11)16(20-13-7-8-13)14-6-2-4-12-5-3-9-18-15(12)14/h2-6,9-10,13,16,20H,7-8H2,1H3. The highest BCUT2D eigenvalue weighted by atomic mass is 32.1. The summed E-state index contributed by atoms with van der Waals surface area (Å²) in [5.74, 6) is 0. The number of nitrogens with zero attached hydrogens (tertiary/aromatic N) is 2. The van der Waals surface area contributed by atoms with Gasteiger partial charge in [0.25, 0.3) is 0 Å². The fourth-order valence-corrected chi connectivity index (χ4v) is 3.52. The zero-order chi connectivity index (χ0) is 14.2. The van der Waals surface area contributed by atoms with Crippen molar-refractivity contribution in [2.75, 3.05) is 0 Å². The Labute approximate surface area is 128 Å². The van der Waals surface area contributed by atoms with Crippen molar-refractivity contribution >= 4 is 22.2 Å². The number of nitrogens with one attached hydrogen (secondary N) is 1. The van der Waals surface area contributed by atoms with E-state index in [1.165, 1.54) is 23.8 Å². The van der Waals surface area contributed by atoms with E-state index < -0.39 is 0 Å². The van der Waals surface area contributed by atoms with Crippen LogP contribution in [0, 0.1) is 6.92 Å². The van der Waals surface area contributed by atoms with Gasteiger partial charge in [-0.2, -0.15) is 0 Å². The molecule has 1 aliphatic rings. The Morgan fingerprint density at radius 3 is 2.86 bits per heavy atom. The molecule has 3 nitrogen and oxygen atoms in total. The Morgan fingerprint density at radius 2 is 2.10 bits per heavy atom. The van der Waals surface area contributed by atoms with E-state index in [0.29, 0.717) is 6.04 Å². The van der Waals surface area contributed by atoms with Crippen LogP contribution in [0.5, 0.6) is 0 Å². The number of rotatable bonds is 4. The van der Waals surface area contributed by atoms with E-state index >= 15 is 0 Å². The Bertz CT molecular complexity index is 771. The molecule has 1 unspecified atom stereocenters. The maximum absolute atomic E-state index is 4.70. The normalized spacial score (nSPS) is 16.2. The molecule has 21 heavy (non-hydrogen) atoms. The molecule has 1 N–H and O–H groups in total. The lowest BCUT2D eigenvalue weighted by Crippen LogP contribution is -2.24. The number of hydrogen-bond acceptors (Lipinski definition) is 4. The molecular formula is C17H17N3S. The summed E-state index contributed by atoms with van der Waals surface area (Å²) >= 11 is 1.73. The van der Waals surface area contributed by atoms with Gasteiger partial charge in [-0.1, -0.05) is 24.3 Å². The van der Waals surface area contributed by atoms with Crippen molar-refractivity contribution in [3.05, 3.63) is 58.2 Å². The predicted molar refractivity (Wildman–Crippen MR) is 86.6 cm³/mol. The summed E-state index contributed by atoms with van der Waals surface area (Å²) in [6, 6.07) is 11.3. The Morgan fingerprint density at radius 1 is 1.24 bits per heavy atom. The largest absolute Gasteiger partial charge is 0.301 e. The van der Waals surface area contributed by atoms with E-state index in [-0.39, 0.29) is 6.04 Å². The molecule has 1 atom stereocenters. The average Bonchev–Trinajstić information content (AvgIpc) is 3.24. The van der Waals surface area contributed by atoms with Crippen LogP contribution in [0.3, 0.4) is 0 Å². The molecule has 0 spiro atoms. The Kier molecular flexibility index (Phi) is 3.20. The second-order valence-corrected chi connectivity index (χ2v) is 6.51. The van der Waals surface area contributed by atoms with Crippen molar-refractivity contribution in [3.8, 4) is 0 Å². The van der Waals surface area contributed by atoms with Crippen LogP contribution in [-0.4, -0.2) is 16.0 Å². The zero-order valence-electron chi connectivity index (χ0n) is 11.9. The van der Waals surface area contributed by atoms with Gasteiger partial charge in [0.2, 0.25) is 0 Å². The van der Waals surface area contributed by atoms with Gasteiger partial charge in [0.05, 0.1) is 11.6 Å². The van der Waals surface area contributed by atoms with Crippen LogP contribution >= 0.6 is 11.3 Å². The van der Waals surface area contributed by atoms with Gasteiger partial charge in [-0.05, 0) is 25.8 Å². The first-order chi connectivity index (χ1) is 10.3. The van der Waals surface area contributed by atoms with Crippen molar-refractivity contribution in [1.82, 2.24) is 15.3 Å². The number of aryl methyl sites for hydroxylation is 1. The lowest BCUT2D eigenvalue weighted by atomic mass is 10.0. The van der Waals surface area contributed by atoms with Crippen molar-refractivity contribution < 1.29 is 0 Å².